The highest BCUT2D eigenvalue weighted by Crippen LogP contribution is 2.35. The standard InChI is InChI=1S/C26H27N5O6/c1-30(2)9-8-27-22(32)15-5-7-20-17(10-15)11-21(37-20)26(24(34)28-25(35)29-26)14-31-13-16-4-6-18(36-3)12-19(16)23(31)33/h4-7,10-12H,8-9,13-14H2,1-3H3,(H,27,32)(H2,28,29,34,35). The van der Waals surface area contributed by atoms with Crippen LogP contribution in [0.1, 0.15) is 32.0 Å². The summed E-state index contributed by atoms with van der Waals surface area (Å²) in [7, 11) is 5.36. The van der Waals surface area contributed by atoms with Gasteiger partial charge in [0, 0.05) is 36.1 Å². The smallest absolute Gasteiger partial charge is 0.322 e. The Morgan fingerprint density at radius 3 is 2.68 bits per heavy atom. The second-order valence-corrected chi connectivity index (χ2v) is 9.42. The first kappa shape index (κ1) is 24.3. The van der Waals surface area contributed by atoms with Crippen molar-refractivity contribution in [3.63, 3.8) is 0 Å². The van der Waals surface area contributed by atoms with Gasteiger partial charge in [-0.1, -0.05) is 6.07 Å². The fraction of sp³-hybridized carbons (Fsp3) is 0.308. The number of hydrogen-bond acceptors (Lipinski definition) is 7. The van der Waals surface area contributed by atoms with Gasteiger partial charge >= 0.3 is 6.03 Å². The zero-order chi connectivity index (χ0) is 26.3. The van der Waals surface area contributed by atoms with E-state index in [1.165, 1.54) is 12.0 Å². The van der Waals surface area contributed by atoms with Crippen molar-refractivity contribution in [2.75, 3.05) is 40.8 Å². The van der Waals surface area contributed by atoms with Gasteiger partial charge in [-0.05, 0) is 56.1 Å². The molecule has 3 N–H and O–H groups in total. The van der Waals surface area contributed by atoms with E-state index >= 15 is 0 Å². The molecule has 0 radical (unpaired) electrons. The molecule has 37 heavy (non-hydrogen) atoms. The van der Waals surface area contributed by atoms with Crippen molar-refractivity contribution in [3.05, 3.63) is 64.9 Å². The molecule has 0 bridgehead atoms. The van der Waals surface area contributed by atoms with Gasteiger partial charge in [0.25, 0.3) is 17.7 Å². The van der Waals surface area contributed by atoms with Crippen LogP contribution in [0.15, 0.2) is 46.9 Å². The van der Waals surface area contributed by atoms with Gasteiger partial charge in [-0.3, -0.25) is 19.7 Å². The van der Waals surface area contributed by atoms with E-state index in [4.69, 9.17) is 9.15 Å². The van der Waals surface area contributed by atoms with Crippen LogP contribution in [0.25, 0.3) is 11.0 Å². The molecule has 0 spiro atoms. The number of methoxy groups -OCH3 is 1. The molecule has 5 rings (SSSR count). The predicted octanol–water partition coefficient (Wildman–Crippen LogP) is 1.42. The summed E-state index contributed by atoms with van der Waals surface area (Å²) in [6.07, 6.45) is 0. The maximum absolute atomic E-state index is 13.2. The van der Waals surface area contributed by atoms with E-state index in [1.54, 1.807) is 42.5 Å². The number of nitrogens with zero attached hydrogens (tertiary/aromatic N) is 2. The molecule has 0 aliphatic carbocycles. The second-order valence-electron chi connectivity index (χ2n) is 9.42. The highest BCUT2D eigenvalue weighted by atomic mass is 16.5. The van der Waals surface area contributed by atoms with Gasteiger partial charge in [0.2, 0.25) is 0 Å². The summed E-state index contributed by atoms with van der Waals surface area (Å²) in [5.41, 5.74) is 0.515. The third kappa shape index (κ3) is 4.38. The van der Waals surface area contributed by atoms with Gasteiger partial charge in [-0.15, -0.1) is 0 Å². The molecule has 3 heterocycles. The molecule has 2 aromatic carbocycles. The fourth-order valence-electron chi connectivity index (χ4n) is 4.63. The molecule has 1 saturated heterocycles. The molecule has 1 atom stereocenters. The molecule has 1 fully saturated rings. The maximum Gasteiger partial charge on any atom is 0.322 e. The first-order chi connectivity index (χ1) is 17.7. The minimum absolute atomic E-state index is 0.141. The molecule has 0 saturated carbocycles. The van der Waals surface area contributed by atoms with Crippen molar-refractivity contribution in [1.29, 1.82) is 0 Å². The van der Waals surface area contributed by atoms with E-state index in [2.05, 4.69) is 16.0 Å². The molecule has 2 aliphatic rings. The Morgan fingerprint density at radius 2 is 1.97 bits per heavy atom. The van der Waals surface area contributed by atoms with Crippen molar-refractivity contribution in [2.45, 2.75) is 12.1 Å². The van der Waals surface area contributed by atoms with Gasteiger partial charge in [-0.25, -0.2) is 4.79 Å². The zero-order valence-corrected chi connectivity index (χ0v) is 20.7. The molecule has 1 aromatic heterocycles. The Hall–Kier alpha value is -4.38. The second kappa shape index (κ2) is 9.25. The van der Waals surface area contributed by atoms with E-state index < -0.39 is 17.5 Å². The lowest BCUT2D eigenvalue weighted by molar-refractivity contribution is -0.125. The third-order valence-electron chi connectivity index (χ3n) is 6.61. The van der Waals surface area contributed by atoms with Crippen LogP contribution in [-0.2, 0) is 16.9 Å². The summed E-state index contributed by atoms with van der Waals surface area (Å²) in [4.78, 5) is 54.6. The molecule has 192 valence electrons. The molecule has 11 nitrogen and oxygen atoms in total. The van der Waals surface area contributed by atoms with Crippen molar-refractivity contribution >= 4 is 34.7 Å². The monoisotopic (exact) mass is 505 g/mol. The average molecular weight is 506 g/mol. The summed E-state index contributed by atoms with van der Waals surface area (Å²) >= 11 is 0. The van der Waals surface area contributed by atoms with E-state index in [1.807, 2.05) is 19.0 Å². The van der Waals surface area contributed by atoms with Crippen LogP contribution in [0, 0.1) is 0 Å². The number of nitrogens with one attached hydrogen (secondary N) is 3. The Balaban J connectivity index is 1.44. The Labute approximate surface area is 212 Å². The lowest BCUT2D eigenvalue weighted by atomic mass is 9.95. The van der Waals surface area contributed by atoms with E-state index in [-0.39, 0.29) is 30.7 Å². The molecule has 2 aliphatic heterocycles. The maximum atomic E-state index is 13.2. The predicted molar refractivity (Wildman–Crippen MR) is 133 cm³/mol. The Bertz CT molecular complexity index is 1430. The number of rotatable bonds is 8. The molecule has 3 aromatic rings. The quantitative estimate of drug-likeness (QED) is 0.395. The fourth-order valence-corrected chi connectivity index (χ4v) is 4.63. The van der Waals surface area contributed by atoms with Gasteiger partial charge in [0.15, 0.2) is 5.54 Å². The van der Waals surface area contributed by atoms with E-state index in [0.29, 0.717) is 40.9 Å². The van der Waals surface area contributed by atoms with Crippen molar-refractivity contribution in [1.82, 2.24) is 25.8 Å². The molecule has 1 unspecified atom stereocenters. The topological polar surface area (TPSA) is 133 Å². The van der Waals surface area contributed by atoms with Gasteiger partial charge in [0.1, 0.15) is 17.1 Å². The van der Waals surface area contributed by atoms with Crippen LogP contribution in [-0.4, -0.2) is 74.4 Å². The van der Waals surface area contributed by atoms with Crippen molar-refractivity contribution in [2.24, 2.45) is 0 Å². The summed E-state index contributed by atoms with van der Waals surface area (Å²) in [5.74, 6) is -0.426. The highest BCUT2D eigenvalue weighted by Gasteiger charge is 2.53. The van der Waals surface area contributed by atoms with Crippen molar-refractivity contribution in [3.8, 4) is 5.75 Å². The molecular weight excluding hydrogens is 478 g/mol. The first-order valence-corrected chi connectivity index (χ1v) is 11.8. The van der Waals surface area contributed by atoms with Gasteiger partial charge in [0.05, 0.1) is 13.7 Å². The number of carbonyl (C=O) groups excluding carboxylic acids is 4. The van der Waals surface area contributed by atoms with Crippen LogP contribution in [0.3, 0.4) is 0 Å². The summed E-state index contributed by atoms with van der Waals surface area (Å²) < 4.78 is 11.2. The Morgan fingerprint density at radius 1 is 1.16 bits per heavy atom. The van der Waals surface area contributed by atoms with Gasteiger partial charge < -0.3 is 29.6 Å². The number of fused-ring (bicyclic) bond motifs is 2. The summed E-state index contributed by atoms with van der Waals surface area (Å²) in [6.45, 7) is 1.32. The number of furan rings is 1. The number of ether oxygens (including phenoxy) is 1. The third-order valence-corrected chi connectivity index (χ3v) is 6.61. The average Bonchev–Trinajstić information content (AvgIpc) is 3.52. The lowest BCUT2D eigenvalue weighted by Gasteiger charge is -2.29. The zero-order valence-electron chi connectivity index (χ0n) is 20.7. The minimum Gasteiger partial charge on any atom is -0.497 e. The number of carbonyl (C=O) groups is 4. The van der Waals surface area contributed by atoms with Crippen molar-refractivity contribution < 1.29 is 28.3 Å². The summed E-state index contributed by atoms with van der Waals surface area (Å²) in [5, 5.41) is 8.39. The number of benzene rings is 2. The molecule has 5 amide bonds. The van der Waals surface area contributed by atoms with E-state index in [9.17, 15) is 19.2 Å². The largest absolute Gasteiger partial charge is 0.497 e. The highest BCUT2D eigenvalue weighted by molar-refractivity contribution is 6.08. The first-order valence-electron chi connectivity index (χ1n) is 11.8. The number of likely N-dealkylation sites (N-methyl/N-ethyl adjacent to an activating group) is 1. The van der Waals surface area contributed by atoms with Crippen LogP contribution in [0.2, 0.25) is 0 Å². The SMILES string of the molecule is COc1ccc2c(c1)C(=O)N(CC1(c3cc4cc(C(=O)NCCN(C)C)ccc4o3)NC(=O)NC1=O)C2. The number of hydrogen-bond donors (Lipinski definition) is 3. The number of amides is 5. The minimum atomic E-state index is -1.63. The van der Waals surface area contributed by atoms with Crippen LogP contribution in [0.4, 0.5) is 4.79 Å². The summed E-state index contributed by atoms with van der Waals surface area (Å²) in [6, 6.07) is 11.1. The lowest BCUT2D eigenvalue weighted by Crippen LogP contribution is -2.52. The normalized spacial score (nSPS) is 18.8. The van der Waals surface area contributed by atoms with Crippen LogP contribution < -0.4 is 20.7 Å². The van der Waals surface area contributed by atoms with Crippen LogP contribution >= 0.6 is 0 Å². The number of urea groups is 1. The molecular formula is C26H27N5O6. The molecule has 11 heteroatoms. The van der Waals surface area contributed by atoms with E-state index in [0.717, 1.165) is 5.56 Å². The van der Waals surface area contributed by atoms with Crippen LogP contribution in [0.5, 0.6) is 5.75 Å². The van der Waals surface area contributed by atoms with Gasteiger partial charge in [-0.2, -0.15) is 0 Å². The Kier molecular flexibility index (Phi) is 6.08. The number of imide groups is 1.